The fourth-order valence-corrected chi connectivity index (χ4v) is 2.33. The molecule has 0 saturated heterocycles. The van der Waals surface area contributed by atoms with E-state index in [4.69, 9.17) is 4.74 Å². The van der Waals surface area contributed by atoms with Crippen LogP contribution in [0, 0.1) is 5.41 Å². The molecule has 0 aromatic heterocycles. The quantitative estimate of drug-likeness (QED) is 0.462. The average molecular weight is 196 g/mol. The molecule has 0 N–H and O–H groups in total. The molecule has 0 aliphatic heterocycles. The van der Waals surface area contributed by atoms with Crippen molar-refractivity contribution in [2.24, 2.45) is 5.41 Å². The van der Waals surface area contributed by atoms with E-state index in [0.717, 1.165) is 13.0 Å². The lowest BCUT2D eigenvalue weighted by Gasteiger charge is -2.21. The van der Waals surface area contributed by atoms with Gasteiger partial charge in [0.25, 0.3) is 0 Å². The van der Waals surface area contributed by atoms with Gasteiger partial charge in [-0.1, -0.05) is 26.3 Å². The Morgan fingerprint density at radius 2 is 2.36 bits per heavy atom. The van der Waals surface area contributed by atoms with Crippen molar-refractivity contribution in [1.29, 1.82) is 0 Å². The van der Waals surface area contributed by atoms with E-state index in [0.29, 0.717) is 11.5 Å². The van der Waals surface area contributed by atoms with Gasteiger partial charge in [-0.25, -0.2) is 0 Å². The van der Waals surface area contributed by atoms with E-state index in [1.54, 1.807) is 0 Å². The summed E-state index contributed by atoms with van der Waals surface area (Å²) in [6.45, 7) is 9.35. The van der Waals surface area contributed by atoms with Crippen molar-refractivity contribution in [3.8, 4) is 0 Å². The third-order valence-corrected chi connectivity index (χ3v) is 3.28. The van der Waals surface area contributed by atoms with E-state index in [1.165, 1.54) is 32.1 Å². The summed E-state index contributed by atoms with van der Waals surface area (Å²) in [4.78, 5) is 0. The standard InChI is InChI=1S/C13H24O/c1-4-6-10-14-12-7-9-13(3,11-12)8-5-2/h5,12H,2,4,6-11H2,1,3H3/t12-,13-/m0/s1. The molecule has 0 bridgehead atoms. The first kappa shape index (κ1) is 11.8. The van der Waals surface area contributed by atoms with Gasteiger partial charge in [0, 0.05) is 6.61 Å². The topological polar surface area (TPSA) is 9.23 Å². The van der Waals surface area contributed by atoms with Crippen LogP contribution in [0.3, 0.4) is 0 Å². The molecule has 1 aliphatic carbocycles. The van der Waals surface area contributed by atoms with Crippen LogP contribution in [-0.4, -0.2) is 12.7 Å². The molecular weight excluding hydrogens is 172 g/mol. The van der Waals surface area contributed by atoms with Crippen LogP contribution in [0.4, 0.5) is 0 Å². The molecule has 0 aromatic rings. The monoisotopic (exact) mass is 196 g/mol. The summed E-state index contributed by atoms with van der Waals surface area (Å²) < 4.78 is 5.85. The van der Waals surface area contributed by atoms with Crippen molar-refractivity contribution in [2.45, 2.75) is 58.5 Å². The normalized spacial score (nSPS) is 32.0. The van der Waals surface area contributed by atoms with Crippen LogP contribution in [0.2, 0.25) is 0 Å². The Kier molecular flexibility index (Phi) is 4.67. The Balaban J connectivity index is 2.22. The lowest BCUT2D eigenvalue weighted by Crippen LogP contribution is -2.14. The Bertz CT molecular complexity index is 176. The molecule has 0 heterocycles. The van der Waals surface area contributed by atoms with Gasteiger partial charge in [0.15, 0.2) is 0 Å². The maximum atomic E-state index is 5.85. The van der Waals surface area contributed by atoms with Gasteiger partial charge in [-0.3, -0.25) is 0 Å². The Labute approximate surface area is 88.5 Å². The first-order valence-electron chi connectivity index (χ1n) is 5.93. The van der Waals surface area contributed by atoms with Gasteiger partial charge >= 0.3 is 0 Å². The molecule has 0 aromatic carbocycles. The number of rotatable bonds is 6. The Morgan fingerprint density at radius 3 is 3.00 bits per heavy atom. The van der Waals surface area contributed by atoms with E-state index in [2.05, 4.69) is 26.5 Å². The van der Waals surface area contributed by atoms with Crippen LogP contribution in [0.1, 0.15) is 52.4 Å². The van der Waals surface area contributed by atoms with Crippen molar-refractivity contribution >= 4 is 0 Å². The van der Waals surface area contributed by atoms with Crippen LogP contribution in [0.5, 0.6) is 0 Å². The van der Waals surface area contributed by atoms with Crippen LogP contribution in [0.15, 0.2) is 12.7 Å². The summed E-state index contributed by atoms with van der Waals surface area (Å²) in [7, 11) is 0. The summed E-state index contributed by atoms with van der Waals surface area (Å²) in [6, 6.07) is 0. The van der Waals surface area contributed by atoms with Crippen LogP contribution in [-0.2, 0) is 4.74 Å². The van der Waals surface area contributed by atoms with Crippen LogP contribution in [0.25, 0.3) is 0 Å². The first-order valence-corrected chi connectivity index (χ1v) is 5.93. The largest absolute Gasteiger partial charge is 0.378 e. The van der Waals surface area contributed by atoms with E-state index in [1.807, 2.05) is 0 Å². The molecule has 0 amide bonds. The molecule has 0 unspecified atom stereocenters. The second-order valence-corrected chi connectivity index (χ2v) is 4.89. The summed E-state index contributed by atoms with van der Waals surface area (Å²) in [5.41, 5.74) is 0.471. The summed E-state index contributed by atoms with van der Waals surface area (Å²) >= 11 is 0. The van der Waals surface area contributed by atoms with Crippen molar-refractivity contribution < 1.29 is 4.74 Å². The van der Waals surface area contributed by atoms with Gasteiger partial charge in [-0.15, -0.1) is 6.58 Å². The zero-order valence-electron chi connectivity index (χ0n) is 9.72. The molecule has 1 heteroatoms. The highest BCUT2D eigenvalue weighted by Gasteiger charge is 2.34. The van der Waals surface area contributed by atoms with Crippen molar-refractivity contribution in [1.82, 2.24) is 0 Å². The van der Waals surface area contributed by atoms with Gasteiger partial charge in [-0.05, 0) is 37.5 Å². The predicted octanol–water partition coefficient (Wildman–Crippen LogP) is 3.94. The number of unbranched alkanes of at least 4 members (excludes halogenated alkanes) is 1. The molecule has 82 valence electrons. The minimum absolute atomic E-state index is 0.471. The fourth-order valence-electron chi connectivity index (χ4n) is 2.33. The SMILES string of the molecule is C=CC[C@@]1(C)CC[C@H](OCCCC)C1. The average Bonchev–Trinajstić information content (AvgIpc) is 2.49. The molecule has 2 atom stereocenters. The van der Waals surface area contributed by atoms with Crippen molar-refractivity contribution in [2.75, 3.05) is 6.61 Å². The molecule has 1 nitrogen and oxygen atoms in total. The second-order valence-electron chi connectivity index (χ2n) is 4.89. The highest BCUT2D eigenvalue weighted by atomic mass is 16.5. The van der Waals surface area contributed by atoms with Crippen molar-refractivity contribution in [3.05, 3.63) is 12.7 Å². The molecule has 1 rings (SSSR count). The first-order chi connectivity index (χ1) is 6.70. The molecule has 1 saturated carbocycles. The zero-order chi connectivity index (χ0) is 10.4. The third kappa shape index (κ3) is 3.45. The Hall–Kier alpha value is -0.300. The highest BCUT2D eigenvalue weighted by Crippen LogP contribution is 2.42. The number of hydrogen-bond acceptors (Lipinski definition) is 1. The fraction of sp³-hybridized carbons (Fsp3) is 0.846. The minimum Gasteiger partial charge on any atom is -0.378 e. The van der Waals surface area contributed by atoms with Crippen LogP contribution >= 0.6 is 0 Å². The van der Waals surface area contributed by atoms with Crippen LogP contribution < -0.4 is 0 Å². The van der Waals surface area contributed by atoms with Gasteiger partial charge in [-0.2, -0.15) is 0 Å². The maximum absolute atomic E-state index is 5.85. The van der Waals surface area contributed by atoms with E-state index in [9.17, 15) is 0 Å². The molecular formula is C13H24O. The van der Waals surface area contributed by atoms with Gasteiger partial charge < -0.3 is 4.74 Å². The summed E-state index contributed by atoms with van der Waals surface area (Å²) in [5.74, 6) is 0. The van der Waals surface area contributed by atoms with Gasteiger partial charge in [0.2, 0.25) is 0 Å². The lowest BCUT2D eigenvalue weighted by molar-refractivity contribution is 0.0486. The molecule has 0 radical (unpaired) electrons. The molecule has 14 heavy (non-hydrogen) atoms. The molecule has 1 aliphatic rings. The third-order valence-electron chi connectivity index (χ3n) is 3.28. The number of ether oxygens (including phenoxy) is 1. The smallest absolute Gasteiger partial charge is 0.0580 e. The molecule has 1 fully saturated rings. The highest BCUT2D eigenvalue weighted by molar-refractivity contribution is 4.91. The zero-order valence-corrected chi connectivity index (χ0v) is 9.72. The molecule has 0 spiro atoms. The minimum atomic E-state index is 0.471. The number of allylic oxidation sites excluding steroid dienone is 1. The summed E-state index contributed by atoms with van der Waals surface area (Å²) in [6.07, 6.45) is 9.92. The van der Waals surface area contributed by atoms with Gasteiger partial charge in [0.05, 0.1) is 6.10 Å². The van der Waals surface area contributed by atoms with E-state index in [-0.39, 0.29) is 0 Å². The second kappa shape index (κ2) is 5.55. The van der Waals surface area contributed by atoms with E-state index >= 15 is 0 Å². The van der Waals surface area contributed by atoms with E-state index < -0.39 is 0 Å². The van der Waals surface area contributed by atoms with Crippen molar-refractivity contribution in [3.63, 3.8) is 0 Å². The maximum Gasteiger partial charge on any atom is 0.0580 e. The summed E-state index contributed by atoms with van der Waals surface area (Å²) in [5, 5.41) is 0. The number of hydrogen-bond donors (Lipinski definition) is 0. The Morgan fingerprint density at radius 1 is 1.57 bits per heavy atom. The predicted molar refractivity (Wildman–Crippen MR) is 61.4 cm³/mol. The van der Waals surface area contributed by atoms with Gasteiger partial charge in [0.1, 0.15) is 0 Å². The lowest BCUT2D eigenvalue weighted by atomic mass is 9.85.